The monoisotopic (exact) mass is 471 g/mol. The van der Waals surface area contributed by atoms with E-state index in [0.29, 0.717) is 18.7 Å². The van der Waals surface area contributed by atoms with Crippen LogP contribution in [0.4, 0.5) is 13.2 Å². The molecule has 0 bridgehead atoms. The number of rotatable bonds is 7. The topological polar surface area (TPSA) is 56.8 Å². The van der Waals surface area contributed by atoms with Gasteiger partial charge in [-0.1, -0.05) is 24.3 Å². The zero-order chi connectivity index (χ0) is 24.1. The van der Waals surface area contributed by atoms with Crippen LogP contribution in [0.2, 0.25) is 0 Å². The van der Waals surface area contributed by atoms with Crippen molar-refractivity contribution in [3.8, 4) is 23.0 Å². The summed E-state index contributed by atoms with van der Waals surface area (Å²) in [6, 6.07) is 15.9. The molecule has 3 aromatic carbocycles. The van der Waals surface area contributed by atoms with Crippen molar-refractivity contribution in [1.82, 2.24) is 5.32 Å². The summed E-state index contributed by atoms with van der Waals surface area (Å²) in [5.41, 5.74) is 1.89. The second-order valence-corrected chi connectivity index (χ2v) is 7.90. The van der Waals surface area contributed by atoms with E-state index >= 15 is 0 Å². The quantitative estimate of drug-likeness (QED) is 0.426. The molecule has 0 aromatic heterocycles. The number of aryl methyl sites for hydroxylation is 1. The van der Waals surface area contributed by atoms with E-state index < -0.39 is 11.7 Å². The van der Waals surface area contributed by atoms with Crippen LogP contribution in [0.15, 0.2) is 60.7 Å². The molecule has 0 amide bonds. The first-order valence-corrected chi connectivity index (χ1v) is 10.9. The van der Waals surface area contributed by atoms with E-state index in [1.807, 2.05) is 12.1 Å². The van der Waals surface area contributed by atoms with Gasteiger partial charge in [-0.2, -0.15) is 13.2 Å². The first kappa shape index (κ1) is 23.6. The first-order chi connectivity index (χ1) is 16.3. The molecule has 1 aliphatic rings. The zero-order valence-corrected chi connectivity index (χ0v) is 18.6. The fraction of sp³-hybridized carbons (Fsp3) is 0.269. The third-order valence-electron chi connectivity index (χ3n) is 5.56. The largest absolute Gasteiger partial charge is 0.469 e. The van der Waals surface area contributed by atoms with Gasteiger partial charge >= 0.3 is 12.1 Å². The third kappa shape index (κ3) is 5.69. The van der Waals surface area contributed by atoms with Crippen LogP contribution in [0.3, 0.4) is 0 Å². The van der Waals surface area contributed by atoms with Crippen LogP contribution < -0.4 is 14.8 Å². The molecule has 0 spiro atoms. The highest BCUT2D eigenvalue weighted by Crippen LogP contribution is 2.41. The average Bonchev–Trinajstić information content (AvgIpc) is 2.83. The van der Waals surface area contributed by atoms with Gasteiger partial charge in [-0.25, -0.2) is 0 Å². The molecule has 0 saturated carbocycles. The van der Waals surface area contributed by atoms with E-state index in [2.05, 4.69) is 10.1 Å². The predicted molar refractivity (Wildman–Crippen MR) is 120 cm³/mol. The van der Waals surface area contributed by atoms with Gasteiger partial charge in [0.25, 0.3) is 0 Å². The number of ether oxygens (including phenoxy) is 3. The van der Waals surface area contributed by atoms with E-state index in [4.69, 9.17) is 9.47 Å². The summed E-state index contributed by atoms with van der Waals surface area (Å²) in [5.74, 6) is 0.151. The molecule has 1 heterocycles. The number of esters is 1. The van der Waals surface area contributed by atoms with E-state index in [0.717, 1.165) is 35.7 Å². The van der Waals surface area contributed by atoms with Crippen LogP contribution in [0.25, 0.3) is 0 Å². The average molecular weight is 471 g/mol. The summed E-state index contributed by atoms with van der Waals surface area (Å²) < 4.78 is 57.7. The van der Waals surface area contributed by atoms with Gasteiger partial charge in [0.1, 0.15) is 28.6 Å². The minimum atomic E-state index is -4.64. The number of benzene rings is 3. The highest BCUT2D eigenvalue weighted by atomic mass is 19.4. The summed E-state index contributed by atoms with van der Waals surface area (Å²) in [6.07, 6.45) is -3.25. The first-order valence-electron chi connectivity index (χ1n) is 10.9. The Morgan fingerprint density at radius 1 is 0.971 bits per heavy atom. The number of alkyl halides is 3. The van der Waals surface area contributed by atoms with Gasteiger partial charge in [0.05, 0.1) is 7.11 Å². The summed E-state index contributed by atoms with van der Waals surface area (Å²) >= 11 is 0. The molecule has 0 fully saturated rings. The molecular formula is C26H24F3NO4. The lowest BCUT2D eigenvalue weighted by molar-refractivity contribution is -0.140. The van der Waals surface area contributed by atoms with Crippen molar-refractivity contribution in [3.63, 3.8) is 0 Å². The minimum Gasteiger partial charge on any atom is -0.469 e. The number of fused-ring (bicyclic) bond motifs is 1. The Hall–Kier alpha value is -3.52. The molecular weight excluding hydrogens is 447 g/mol. The van der Waals surface area contributed by atoms with E-state index in [-0.39, 0.29) is 29.6 Å². The number of nitrogens with one attached hydrogen (secondary N) is 1. The zero-order valence-electron chi connectivity index (χ0n) is 18.6. The Morgan fingerprint density at radius 2 is 1.74 bits per heavy atom. The van der Waals surface area contributed by atoms with Crippen LogP contribution in [0, 0.1) is 0 Å². The molecule has 0 radical (unpaired) electrons. The number of methoxy groups -OCH3 is 1. The van der Waals surface area contributed by atoms with Crippen molar-refractivity contribution in [2.75, 3.05) is 13.7 Å². The minimum absolute atomic E-state index is 0.0745. The number of hydrogen-bond acceptors (Lipinski definition) is 5. The van der Waals surface area contributed by atoms with Gasteiger partial charge in [0.2, 0.25) is 0 Å². The molecule has 5 nitrogen and oxygen atoms in total. The predicted octanol–water partition coefficient (Wildman–Crippen LogP) is 6.04. The Morgan fingerprint density at radius 3 is 2.53 bits per heavy atom. The van der Waals surface area contributed by atoms with Crippen LogP contribution in [-0.4, -0.2) is 19.6 Å². The Bertz CT molecular complexity index is 1180. The lowest BCUT2D eigenvalue weighted by atomic mass is 10.0. The van der Waals surface area contributed by atoms with Gasteiger partial charge in [0.15, 0.2) is 0 Å². The fourth-order valence-electron chi connectivity index (χ4n) is 3.83. The molecule has 8 heteroatoms. The van der Waals surface area contributed by atoms with E-state index in [1.54, 1.807) is 30.3 Å². The number of hydrogen-bond donors (Lipinski definition) is 1. The Balaban J connectivity index is 1.57. The van der Waals surface area contributed by atoms with Gasteiger partial charge in [-0.15, -0.1) is 0 Å². The Labute approximate surface area is 195 Å². The molecule has 0 atom stereocenters. The Kier molecular flexibility index (Phi) is 7.07. The normalized spacial score (nSPS) is 13.2. The van der Waals surface area contributed by atoms with Crippen molar-refractivity contribution in [1.29, 1.82) is 0 Å². The molecule has 1 N–H and O–H groups in total. The molecule has 0 saturated heterocycles. The van der Waals surface area contributed by atoms with Crippen LogP contribution in [0.1, 0.15) is 28.7 Å². The molecule has 3 aromatic rings. The van der Waals surface area contributed by atoms with E-state index in [1.165, 1.54) is 19.2 Å². The maximum absolute atomic E-state index is 13.9. The second-order valence-electron chi connectivity index (χ2n) is 7.90. The third-order valence-corrected chi connectivity index (χ3v) is 5.56. The van der Waals surface area contributed by atoms with Gasteiger partial charge in [-0.3, -0.25) is 4.79 Å². The van der Waals surface area contributed by atoms with Crippen LogP contribution >= 0.6 is 0 Å². The lowest BCUT2D eigenvalue weighted by Gasteiger charge is -2.21. The van der Waals surface area contributed by atoms with Gasteiger partial charge < -0.3 is 19.5 Å². The summed E-state index contributed by atoms with van der Waals surface area (Å²) in [4.78, 5) is 11.4. The van der Waals surface area contributed by atoms with Gasteiger partial charge in [0, 0.05) is 18.5 Å². The second kappa shape index (κ2) is 10.2. The SMILES string of the molecule is COC(=O)CCc1cccc(Oc2ccc(Oc3cccc4c3CNCC4)cc2C(F)(F)F)c1. The summed E-state index contributed by atoms with van der Waals surface area (Å²) in [6.45, 7) is 1.45. The number of halogens is 3. The summed E-state index contributed by atoms with van der Waals surface area (Å²) in [5, 5.41) is 3.26. The number of carbonyl (C=O) groups is 1. The van der Waals surface area contributed by atoms with Crippen molar-refractivity contribution < 1.29 is 32.2 Å². The molecule has 34 heavy (non-hydrogen) atoms. The highest BCUT2D eigenvalue weighted by molar-refractivity contribution is 5.69. The van der Waals surface area contributed by atoms with Gasteiger partial charge in [-0.05, 0) is 66.9 Å². The molecule has 1 aliphatic heterocycles. The highest BCUT2D eigenvalue weighted by Gasteiger charge is 2.35. The maximum Gasteiger partial charge on any atom is 0.420 e. The molecule has 0 aliphatic carbocycles. The van der Waals surface area contributed by atoms with Crippen molar-refractivity contribution in [2.45, 2.75) is 32.0 Å². The maximum atomic E-state index is 13.9. The van der Waals surface area contributed by atoms with Crippen molar-refractivity contribution in [2.24, 2.45) is 0 Å². The summed E-state index contributed by atoms with van der Waals surface area (Å²) in [7, 11) is 1.30. The molecule has 178 valence electrons. The standard InChI is InChI=1S/C26H24F3NO4/c1-32-25(31)11-8-17-4-2-6-19(14-17)34-24-10-9-20(15-22(24)26(27,28)29)33-23-7-3-5-18-12-13-30-16-21(18)23/h2-7,9-10,14-15,30H,8,11-13,16H2,1H3. The number of carbonyl (C=O) groups excluding carboxylic acids is 1. The van der Waals surface area contributed by atoms with Crippen LogP contribution in [0.5, 0.6) is 23.0 Å². The van der Waals surface area contributed by atoms with Crippen LogP contribution in [-0.2, 0) is 35.1 Å². The molecule has 4 rings (SSSR count). The van der Waals surface area contributed by atoms with E-state index in [9.17, 15) is 18.0 Å². The smallest absolute Gasteiger partial charge is 0.420 e. The van der Waals surface area contributed by atoms with Crippen molar-refractivity contribution in [3.05, 3.63) is 82.9 Å². The molecule has 0 unspecified atom stereocenters. The lowest BCUT2D eigenvalue weighted by Crippen LogP contribution is -2.23. The van der Waals surface area contributed by atoms with Crippen molar-refractivity contribution >= 4 is 5.97 Å². The fourth-order valence-corrected chi connectivity index (χ4v) is 3.83.